The average Bonchev–Trinajstić information content (AvgIpc) is 3.12. The van der Waals surface area contributed by atoms with Gasteiger partial charge in [-0.2, -0.15) is 0 Å². The molecule has 1 heterocycles. The second-order valence-electron chi connectivity index (χ2n) is 9.07. The van der Waals surface area contributed by atoms with Crippen LogP contribution in [-0.2, 0) is 14.3 Å². The number of alkyl carbamates (subject to hydrolysis) is 1. The molecule has 0 radical (unpaired) electrons. The number of benzene rings is 2. The van der Waals surface area contributed by atoms with Crippen molar-refractivity contribution >= 4 is 18.0 Å². The summed E-state index contributed by atoms with van der Waals surface area (Å²) in [6.07, 6.45) is -3.17. The maximum Gasteiger partial charge on any atom is 0.407 e. The van der Waals surface area contributed by atoms with E-state index in [1.807, 2.05) is 48.5 Å². The standard InChI is InChI=1S/C26H28F2N2O5/c27-25(28)22(12-23(31)30-13-16(14-30)6-5-11-24(32)33)29-26(34)35-15-21-19-9-3-1-7-17(19)18-8-2-4-10-20(18)21/h1-4,7-10,16,21-22,25H,5-6,11-15H2,(H,29,34)(H,32,33). The molecule has 1 aliphatic carbocycles. The number of amides is 2. The summed E-state index contributed by atoms with van der Waals surface area (Å²) in [7, 11) is 0. The largest absolute Gasteiger partial charge is 0.481 e. The molecule has 35 heavy (non-hydrogen) atoms. The van der Waals surface area contributed by atoms with E-state index in [1.165, 1.54) is 4.90 Å². The van der Waals surface area contributed by atoms with Gasteiger partial charge in [-0.1, -0.05) is 48.5 Å². The first-order valence-electron chi connectivity index (χ1n) is 11.7. The molecule has 0 aromatic heterocycles. The Morgan fingerprint density at radius 1 is 1.03 bits per heavy atom. The average molecular weight is 487 g/mol. The Morgan fingerprint density at radius 2 is 1.63 bits per heavy atom. The number of halogens is 2. The zero-order valence-electron chi connectivity index (χ0n) is 19.2. The molecule has 0 spiro atoms. The summed E-state index contributed by atoms with van der Waals surface area (Å²) in [5, 5.41) is 10.8. The summed E-state index contributed by atoms with van der Waals surface area (Å²) in [6, 6.07) is 14.0. The molecule has 2 amide bonds. The van der Waals surface area contributed by atoms with Crippen molar-refractivity contribution < 1.29 is 33.0 Å². The number of nitrogens with zero attached hydrogens (tertiary/aromatic N) is 1. The summed E-state index contributed by atoms with van der Waals surface area (Å²) in [4.78, 5) is 36.8. The number of ether oxygens (including phenoxy) is 1. The maximum atomic E-state index is 13.6. The topological polar surface area (TPSA) is 95.9 Å². The molecule has 0 bridgehead atoms. The van der Waals surface area contributed by atoms with Gasteiger partial charge in [0.2, 0.25) is 5.91 Å². The van der Waals surface area contributed by atoms with Crippen molar-refractivity contribution in [2.75, 3.05) is 19.7 Å². The van der Waals surface area contributed by atoms with E-state index in [9.17, 15) is 23.2 Å². The van der Waals surface area contributed by atoms with Gasteiger partial charge in [0.25, 0.3) is 6.43 Å². The van der Waals surface area contributed by atoms with Gasteiger partial charge in [0.15, 0.2) is 0 Å². The van der Waals surface area contributed by atoms with Crippen LogP contribution in [0.1, 0.15) is 42.7 Å². The Morgan fingerprint density at radius 3 is 2.20 bits per heavy atom. The SMILES string of the molecule is O=C(O)CCCC1CN(C(=O)CC(NC(=O)OCC2c3ccccc3-c3ccccc32)C(F)F)C1. The molecule has 186 valence electrons. The van der Waals surface area contributed by atoms with Crippen LogP contribution >= 0.6 is 0 Å². The first kappa shape index (κ1) is 24.6. The number of hydrogen-bond acceptors (Lipinski definition) is 4. The van der Waals surface area contributed by atoms with Gasteiger partial charge in [0, 0.05) is 25.4 Å². The fourth-order valence-corrected chi connectivity index (χ4v) is 4.81. The van der Waals surface area contributed by atoms with E-state index in [4.69, 9.17) is 9.84 Å². The monoisotopic (exact) mass is 486 g/mol. The number of aliphatic carboxylic acids is 1. The van der Waals surface area contributed by atoms with Gasteiger partial charge in [-0.15, -0.1) is 0 Å². The lowest BCUT2D eigenvalue weighted by Crippen LogP contribution is -2.52. The highest BCUT2D eigenvalue weighted by molar-refractivity contribution is 5.80. The molecule has 2 aromatic carbocycles. The Hall–Kier alpha value is -3.49. The van der Waals surface area contributed by atoms with Crippen LogP contribution in [0.25, 0.3) is 11.1 Å². The van der Waals surface area contributed by atoms with E-state index in [2.05, 4.69) is 5.32 Å². The molecule has 2 aromatic rings. The summed E-state index contributed by atoms with van der Waals surface area (Å²) in [5.74, 6) is -1.35. The number of carbonyl (C=O) groups excluding carboxylic acids is 2. The van der Waals surface area contributed by atoms with Crippen molar-refractivity contribution in [3.8, 4) is 11.1 Å². The van der Waals surface area contributed by atoms with Crippen LogP contribution in [-0.4, -0.2) is 60.1 Å². The summed E-state index contributed by atoms with van der Waals surface area (Å²) < 4.78 is 32.5. The van der Waals surface area contributed by atoms with Crippen LogP contribution in [0.4, 0.5) is 13.6 Å². The van der Waals surface area contributed by atoms with Gasteiger partial charge in [0.05, 0.1) is 6.42 Å². The Balaban J connectivity index is 1.27. The number of rotatable bonds is 10. The van der Waals surface area contributed by atoms with Crippen LogP contribution in [0, 0.1) is 5.92 Å². The van der Waals surface area contributed by atoms with Crippen LogP contribution in [0.15, 0.2) is 48.5 Å². The zero-order chi connectivity index (χ0) is 24.9. The van der Waals surface area contributed by atoms with Crippen molar-refractivity contribution in [1.29, 1.82) is 0 Å². The fraction of sp³-hybridized carbons (Fsp3) is 0.423. The van der Waals surface area contributed by atoms with E-state index >= 15 is 0 Å². The van der Waals surface area contributed by atoms with Gasteiger partial charge >= 0.3 is 12.1 Å². The number of fused-ring (bicyclic) bond motifs is 3. The minimum atomic E-state index is -2.92. The normalized spacial score (nSPS) is 15.8. The molecule has 2 aliphatic rings. The molecular formula is C26H28F2N2O5. The van der Waals surface area contributed by atoms with E-state index in [0.717, 1.165) is 22.3 Å². The first-order valence-corrected chi connectivity index (χ1v) is 11.7. The predicted octanol–water partition coefficient (Wildman–Crippen LogP) is 4.26. The van der Waals surface area contributed by atoms with E-state index in [0.29, 0.717) is 25.9 Å². The molecule has 4 rings (SSSR count). The lowest BCUT2D eigenvalue weighted by molar-refractivity contribution is -0.140. The highest BCUT2D eigenvalue weighted by atomic mass is 19.3. The quantitative estimate of drug-likeness (QED) is 0.523. The van der Waals surface area contributed by atoms with Crippen molar-refractivity contribution in [1.82, 2.24) is 10.2 Å². The molecule has 2 N–H and O–H groups in total. The van der Waals surface area contributed by atoms with Gasteiger partial charge < -0.3 is 20.1 Å². The second kappa shape index (κ2) is 10.8. The van der Waals surface area contributed by atoms with Crippen molar-refractivity contribution in [3.63, 3.8) is 0 Å². The maximum absolute atomic E-state index is 13.6. The van der Waals surface area contributed by atoms with Crippen molar-refractivity contribution in [2.24, 2.45) is 5.92 Å². The van der Waals surface area contributed by atoms with Gasteiger partial charge in [-0.05, 0) is 41.0 Å². The molecule has 1 saturated heterocycles. The number of nitrogens with one attached hydrogen (secondary N) is 1. The number of carbonyl (C=O) groups is 3. The molecule has 1 aliphatic heterocycles. The Bertz CT molecular complexity index is 1040. The summed E-state index contributed by atoms with van der Waals surface area (Å²) in [6.45, 7) is 0.826. The highest BCUT2D eigenvalue weighted by Gasteiger charge is 2.35. The molecule has 1 unspecified atom stereocenters. The Kier molecular flexibility index (Phi) is 7.63. The van der Waals surface area contributed by atoms with E-state index in [1.54, 1.807) is 0 Å². The highest BCUT2D eigenvalue weighted by Crippen LogP contribution is 2.44. The minimum absolute atomic E-state index is 0.00604. The van der Waals surface area contributed by atoms with Gasteiger partial charge in [-0.25, -0.2) is 13.6 Å². The number of hydrogen-bond donors (Lipinski definition) is 2. The van der Waals surface area contributed by atoms with Gasteiger partial charge in [0.1, 0.15) is 12.6 Å². The van der Waals surface area contributed by atoms with Crippen molar-refractivity contribution in [3.05, 3.63) is 59.7 Å². The van der Waals surface area contributed by atoms with Crippen LogP contribution < -0.4 is 5.32 Å². The first-order chi connectivity index (χ1) is 16.8. The summed E-state index contributed by atoms with van der Waals surface area (Å²) in [5.41, 5.74) is 4.14. The third kappa shape index (κ3) is 5.78. The summed E-state index contributed by atoms with van der Waals surface area (Å²) >= 11 is 0. The lowest BCUT2D eigenvalue weighted by atomic mass is 9.93. The van der Waals surface area contributed by atoms with Crippen molar-refractivity contribution in [2.45, 2.75) is 44.1 Å². The fourth-order valence-electron chi connectivity index (χ4n) is 4.81. The number of likely N-dealkylation sites (tertiary alicyclic amines) is 1. The van der Waals surface area contributed by atoms with E-state index < -0.39 is 36.9 Å². The van der Waals surface area contributed by atoms with Gasteiger partial charge in [-0.3, -0.25) is 9.59 Å². The predicted molar refractivity (Wildman–Crippen MR) is 124 cm³/mol. The molecule has 1 atom stereocenters. The smallest absolute Gasteiger partial charge is 0.407 e. The molecular weight excluding hydrogens is 458 g/mol. The third-order valence-electron chi connectivity index (χ3n) is 6.66. The Labute approximate surface area is 202 Å². The third-order valence-corrected chi connectivity index (χ3v) is 6.66. The number of carboxylic acid groups (broad SMARTS) is 1. The van der Waals surface area contributed by atoms with E-state index in [-0.39, 0.29) is 24.9 Å². The minimum Gasteiger partial charge on any atom is -0.481 e. The zero-order valence-corrected chi connectivity index (χ0v) is 19.2. The van der Waals surface area contributed by atoms with Crippen LogP contribution in [0.2, 0.25) is 0 Å². The molecule has 0 saturated carbocycles. The molecule has 1 fully saturated rings. The second-order valence-corrected chi connectivity index (χ2v) is 9.07. The van der Waals surface area contributed by atoms with Crippen LogP contribution in [0.3, 0.4) is 0 Å². The van der Waals surface area contributed by atoms with Crippen LogP contribution in [0.5, 0.6) is 0 Å². The molecule has 9 heteroatoms. The lowest BCUT2D eigenvalue weighted by Gasteiger charge is -2.40. The number of alkyl halides is 2. The molecule has 7 nitrogen and oxygen atoms in total. The number of carboxylic acids is 1.